The number of hydrogen-bond donors (Lipinski definition) is 0. The molecule has 0 bridgehead atoms. The molecule has 0 aliphatic rings. The lowest BCUT2D eigenvalue weighted by Crippen LogP contribution is -2.07. The molecule has 0 fully saturated rings. The molecule has 3 aromatic rings. The number of ether oxygens (including phenoxy) is 1. The zero-order valence-corrected chi connectivity index (χ0v) is 15.1. The van der Waals surface area contributed by atoms with E-state index in [-0.39, 0.29) is 5.97 Å². The number of unbranched alkanes of at least 4 members (excludes halogenated alkanes) is 1. The second-order valence-electron chi connectivity index (χ2n) is 6.09. The molecule has 0 aliphatic carbocycles. The van der Waals surface area contributed by atoms with Gasteiger partial charge in [0.15, 0.2) is 5.82 Å². The molecule has 1 heterocycles. The second-order valence-corrected chi connectivity index (χ2v) is 6.09. The Balaban J connectivity index is 1.69. The minimum absolute atomic E-state index is 0.198. The van der Waals surface area contributed by atoms with Gasteiger partial charge < -0.3 is 4.74 Å². The largest absolute Gasteiger partial charge is 0.427 e. The number of carbonyl (C=O) groups is 1. The Labute approximate surface area is 158 Å². The van der Waals surface area contributed by atoms with E-state index in [1.165, 1.54) is 12.4 Å². The Morgan fingerprint density at radius 1 is 0.963 bits per heavy atom. The van der Waals surface area contributed by atoms with Crippen LogP contribution in [0, 0.1) is 11.3 Å². The van der Waals surface area contributed by atoms with Crippen molar-refractivity contribution in [2.75, 3.05) is 0 Å². The molecule has 0 spiro atoms. The number of nitriles is 1. The molecule has 0 N–H and O–H groups in total. The summed E-state index contributed by atoms with van der Waals surface area (Å²) in [5.41, 5.74) is 3.38. The van der Waals surface area contributed by atoms with Crippen molar-refractivity contribution in [3.05, 3.63) is 66.5 Å². The maximum atomic E-state index is 11.7. The average molecular weight is 357 g/mol. The van der Waals surface area contributed by atoms with Gasteiger partial charge in [-0.15, -0.1) is 0 Å². The molecule has 0 saturated heterocycles. The summed E-state index contributed by atoms with van der Waals surface area (Å²) in [6.07, 6.45) is 5.27. The van der Waals surface area contributed by atoms with Crippen LogP contribution in [-0.4, -0.2) is 15.9 Å². The first-order chi connectivity index (χ1) is 13.2. The normalized spacial score (nSPS) is 10.2. The summed E-state index contributed by atoms with van der Waals surface area (Å²) in [6, 6.07) is 17.3. The van der Waals surface area contributed by atoms with Crippen molar-refractivity contribution >= 4 is 5.97 Å². The number of hydrogen-bond acceptors (Lipinski definition) is 5. The molecule has 3 rings (SSSR count). The SMILES string of the molecule is CCCCC(=O)Oc1ccc(-c2ccc(-c3ncc(C#N)cn3)cc2)cc1. The lowest BCUT2D eigenvalue weighted by Gasteiger charge is -2.07. The summed E-state index contributed by atoms with van der Waals surface area (Å²) in [7, 11) is 0. The third kappa shape index (κ3) is 4.77. The zero-order valence-electron chi connectivity index (χ0n) is 15.1. The first kappa shape index (κ1) is 18.3. The van der Waals surface area contributed by atoms with Crippen molar-refractivity contribution in [1.82, 2.24) is 9.97 Å². The highest BCUT2D eigenvalue weighted by molar-refractivity contribution is 5.73. The van der Waals surface area contributed by atoms with E-state index in [0.29, 0.717) is 23.6 Å². The number of carbonyl (C=O) groups excluding carboxylic acids is 1. The molecule has 0 unspecified atom stereocenters. The fourth-order valence-corrected chi connectivity index (χ4v) is 2.57. The topological polar surface area (TPSA) is 75.9 Å². The van der Waals surface area contributed by atoms with Gasteiger partial charge in [0.05, 0.1) is 5.56 Å². The summed E-state index contributed by atoms with van der Waals surface area (Å²) in [5, 5.41) is 8.81. The maximum absolute atomic E-state index is 11.7. The van der Waals surface area contributed by atoms with E-state index in [9.17, 15) is 4.79 Å². The summed E-state index contributed by atoms with van der Waals surface area (Å²) < 4.78 is 5.32. The highest BCUT2D eigenvalue weighted by Gasteiger charge is 2.06. The van der Waals surface area contributed by atoms with Crippen LogP contribution in [0.4, 0.5) is 0 Å². The lowest BCUT2D eigenvalue weighted by molar-refractivity contribution is -0.134. The fourth-order valence-electron chi connectivity index (χ4n) is 2.57. The van der Waals surface area contributed by atoms with Crippen LogP contribution in [0.1, 0.15) is 31.7 Å². The minimum Gasteiger partial charge on any atom is -0.427 e. The van der Waals surface area contributed by atoms with Gasteiger partial charge >= 0.3 is 5.97 Å². The molecule has 0 atom stereocenters. The highest BCUT2D eigenvalue weighted by atomic mass is 16.5. The van der Waals surface area contributed by atoms with E-state index < -0.39 is 0 Å². The van der Waals surface area contributed by atoms with E-state index >= 15 is 0 Å². The number of aromatic nitrogens is 2. The molecule has 0 aliphatic heterocycles. The second kappa shape index (κ2) is 8.72. The van der Waals surface area contributed by atoms with Crippen molar-refractivity contribution in [3.63, 3.8) is 0 Å². The Bertz CT molecular complexity index is 941. The summed E-state index contributed by atoms with van der Waals surface area (Å²) in [6.45, 7) is 2.04. The van der Waals surface area contributed by atoms with Crippen molar-refractivity contribution in [1.29, 1.82) is 5.26 Å². The van der Waals surface area contributed by atoms with E-state index in [4.69, 9.17) is 10.00 Å². The van der Waals surface area contributed by atoms with Crippen molar-refractivity contribution in [2.45, 2.75) is 26.2 Å². The molecule has 0 saturated carbocycles. The van der Waals surface area contributed by atoms with Crippen molar-refractivity contribution in [2.24, 2.45) is 0 Å². The molecule has 134 valence electrons. The summed E-state index contributed by atoms with van der Waals surface area (Å²) in [4.78, 5) is 20.1. The standard InChI is InChI=1S/C22H19N3O2/c1-2-3-4-21(26)27-20-11-9-18(10-12-20)17-5-7-19(8-6-17)22-24-14-16(13-23)15-25-22/h5-12,14-15H,2-4H2,1H3. The van der Waals surface area contributed by atoms with Crippen LogP contribution in [0.25, 0.3) is 22.5 Å². The maximum Gasteiger partial charge on any atom is 0.311 e. The van der Waals surface area contributed by atoms with Gasteiger partial charge in [-0.1, -0.05) is 49.7 Å². The van der Waals surface area contributed by atoms with Gasteiger partial charge in [0, 0.05) is 24.4 Å². The van der Waals surface area contributed by atoms with Crippen LogP contribution in [0.2, 0.25) is 0 Å². The fraction of sp³-hybridized carbons (Fsp3) is 0.182. The van der Waals surface area contributed by atoms with Crippen molar-refractivity contribution in [3.8, 4) is 34.3 Å². The lowest BCUT2D eigenvalue weighted by atomic mass is 10.0. The van der Waals surface area contributed by atoms with E-state index in [0.717, 1.165) is 29.5 Å². The van der Waals surface area contributed by atoms with Crippen LogP contribution in [0.15, 0.2) is 60.9 Å². The van der Waals surface area contributed by atoms with Crippen LogP contribution in [-0.2, 0) is 4.79 Å². The Kier molecular flexibility index (Phi) is 5.91. The predicted molar refractivity (Wildman–Crippen MR) is 103 cm³/mol. The number of rotatable bonds is 6. The number of benzene rings is 2. The third-order valence-corrected chi connectivity index (χ3v) is 4.08. The molecule has 5 heteroatoms. The summed E-state index contributed by atoms with van der Waals surface area (Å²) in [5.74, 6) is 0.939. The smallest absolute Gasteiger partial charge is 0.311 e. The molecule has 2 aromatic carbocycles. The molecule has 5 nitrogen and oxygen atoms in total. The predicted octanol–water partition coefficient (Wildman–Crippen LogP) is 4.78. The van der Waals surface area contributed by atoms with Gasteiger partial charge in [-0.2, -0.15) is 5.26 Å². The number of esters is 1. The quantitative estimate of drug-likeness (QED) is 0.469. The van der Waals surface area contributed by atoms with Gasteiger partial charge in [0.1, 0.15) is 11.8 Å². The molecule has 0 radical (unpaired) electrons. The molecule has 1 aromatic heterocycles. The first-order valence-corrected chi connectivity index (χ1v) is 8.83. The molecular weight excluding hydrogens is 338 g/mol. The summed E-state index contributed by atoms with van der Waals surface area (Å²) >= 11 is 0. The Hall–Kier alpha value is -3.52. The van der Waals surface area contributed by atoms with Crippen LogP contribution in [0.5, 0.6) is 5.75 Å². The van der Waals surface area contributed by atoms with E-state index in [2.05, 4.69) is 9.97 Å². The van der Waals surface area contributed by atoms with Gasteiger partial charge in [-0.25, -0.2) is 9.97 Å². The Morgan fingerprint density at radius 3 is 2.07 bits per heavy atom. The number of nitrogens with zero attached hydrogens (tertiary/aromatic N) is 3. The van der Waals surface area contributed by atoms with Gasteiger partial charge in [0.2, 0.25) is 0 Å². The van der Waals surface area contributed by atoms with E-state index in [1.54, 1.807) is 12.1 Å². The molecule has 0 amide bonds. The van der Waals surface area contributed by atoms with Gasteiger partial charge in [-0.3, -0.25) is 4.79 Å². The molecule has 27 heavy (non-hydrogen) atoms. The minimum atomic E-state index is -0.198. The van der Waals surface area contributed by atoms with E-state index in [1.807, 2.05) is 49.4 Å². The van der Waals surface area contributed by atoms with Crippen LogP contribution >= 0.6 is 0 Å². The highest BCUT2D eigenvalue weighted by Crippen LogP contribution is 2.25. The van der Waals surface area contributed by atoms with Crippen LogP contribution in [0.3, 0.4) is 0 Å². The van der Waals surface area contributed by atoms with Gasteiger partial charge in [0.25, 0.3) is 0 Å². The first-order valence-electron chi connectivity index (χ1n) is 8.83. The monoisotopic (exact) mass is 357 g/mol. The van der Waals surface area contributed by atoms with Gasteiger partial charge in [-0.05, 0) is 29.7 Å². The molecular formula is C22H19N3O2. The van der Waals surface area contributed by atoms with Crippen molar-refractivity contribution < 1.29 is 9.53 Å². The third-order valence-electron chi connectivity index (χ3n) is 4.08. The Morgan fingerprint density at radius 2 is 1.52 bits per heavy atom. The zero-order chi connectivity index (χ0) is 19.1. The van der Waals surface area contributed by atoms with Crippen LogP contribution < -0.4 is 4.74 Å². The average Bonchev–Trinajstić information content (AvgIpc) is 2.73.